The molecule has 0 bridgehead atoms. The molecule has 8 nitrogen and oxygen atoms in total. The standard InChI is InChI=1S/C25H24ClN3O5S/c1-16-10-20-12-22(6-3-19(20)14-27-16)28-9-8-24(25(28)31)29(34-15-30)35(32,33)23-7-4-17-11-21(26)5-2-18(17)13-23/h2-7,11-13,15-16,24,27H,8-10,14H2,1H3. The van der Waals surface area contributed by atoms with Crippen LogP contribution in [0.1, 0.15) is 24.5 Å². The van der Waals surface area contributed by atoms with Gasteiger partial charge in [-0.3, -0.25) is 9.59 Å². The van der Waals surface area contributed by atoms with E-state index in [0.717, 1.165) is 23.9 Å². The summed E-state index contributed by atoms with van der Waals surface area (Å²) in [5, 5.41) is 5.35. The molecule has 10 heteroatoms. The third kappa shape index (κ3) is 4.40. The number of nitrogens with one attached hydrogen (secondary N) is 1. The number of amides is 1. The summed E-state index contributed by atoms with van der Waals surface area (Å²) in [6, 6.07) is 14.6. The number of benzene rings is 3. The fourth-order valence-electron chi connectivity index (χ4n) is 4.74. The first-order valence-corrected chi connectivity index (χ1v) is 13.1. The lowest BCUT2D eigenvalue weighted by atomic mass is 9.96. The molecule has 35 heavy (non-hydrogen) atoms. The van der Waals surface area contributed by atoms with Gasteiger partial charge < -0.3 is 15.1 Å². The van der Waals surface area contributed by atoms with Gasteiger partial charge in [-0.2, -0.15) is 0 Å². The van der Waals surface area contributed by atoms with Crippen LogP contribution in [0.15, 0.2) is 59.5 Å². The minimum atomic E-state index is -4.32. The van der Waals surface area contributed by atoms with Gasteiger partial charge in [-0.15, -0.1) is 0 Å². The summed E-state index contributed by atoms with van der Waals surface area (Å²) in [4.78, 5) is 31.0. The van der Waals surface area contributed by atoms with E-state index in [1.165, 1.54) is 17.7 Å². The van der Waals surface area contributed by atoms with Crippen molar-refractivity contribution in [2.45, 2.75) is 43.3 Å². The normalized spacial score (nSPS) is 20.3. The second-order valence-corrected chi connectivity index (χ2v) is 11.1. The third-order valence-electron chi connectivity index (χ3n) is 6.56. The summed E-state index contributed by atoms with van der Waals surface area (Å²) in [6.07, 6.45) is 1.03. The second kappa shape index (κ2) is 9.23. The van der Waals surface area contributed by atoms with Crippen molar-refractivity contribution < 1.29 is 22.8 Å². The molecule has 2 aliphatic heterocycles. The summed E-state index contributed by atoms with van der Waals surface area (Å²) in [5.74, 6) is -0.440. The van der Waals surface area contributed by atoms with Gasteiger partial charge in [0.2, 0.25) is 5.91 Å². The quantitative estimate of drug-likeness (QED) is 0.401. The molecule has 2 heterocycles. The maximum Gasteiger partial charge on any atom is 0.314 e. The highest BCUT2D eigenvalue weighted by Gasteiger charge is 2.44. The van der Waals surface area contributed by atoms with Gasteiger partial charge in [0, 0.05) is 29.8 Å². The molecule has 0 saturated carbocycles. The molecule has 2 aliphatic rings. The van der Waals surface area contributed by atoms with Crippen LogP contribution in [0.4, 0.5) is 5.69 Å². The number of sulfonamides is 1. The molecule has 2 atom stereocenters. The van der Waals surface area contributed by atoms with Gasteiger partial charge in [0.1, 0.15) is 6.04 Å². The van der Waals surface area contributed by atoms with E-state index in [1.54, 1.807) is 29.2 Å². The molecule has 3 aromatic rings. The van der Waals surface area contributed by atoms with Gasteiger partial charge in [0.15, 0.2) is 0 Å². The lowest BCUT2D eigenvalue weighted by molar-refractivity contribution is -0.160. The van der Waals surface area contributed by atoms with Crippen molar-refractivity contribution in [1.29, 1.82) is 0 Å². The lowest BCUT2D eigenvalue weighted by Gasteiger charge is -2.26. The highest BCUT2D eigenvalue weighted by Crippen LogP contribution is 2.32. The van der Waals surface area contributed by atoms with Gasteiger partial charge in [-0.1, -0.05) is 29.8 Å². The molecule has 1 N–H and O–H groups in total. The van der Waals surface area contributed by atoms with E-state index in [1.807, 2.05) is 18.2 Å². The van der Waals surface area contributed by atoms with E-state index >= 15 is 0 Å². The molecule has 5 rings (SSSR count). The Kier molecular flexibility index (Phi) is 6.27. The van der Waals surface area contributed by atoms with Crippen LogP contribution in [0.3, 0.4) is 0 Å². The molecule has 1 fully saturated rings. The molecule has 3 aromatic carbocycles. The van der Waals surface area contributed by atoms with E-state index in [2.05, 4.69) is 12.2 Å². The summed E-state index contributed by atoms with van der Waals surface area (Å²) in [6.45, 7) is 3.21. The van der Waals surface area contributed by atoms with Crippen LogP contribution >= 0.6 is 11.6 Å². The van der Waals surface area contributed by atoms with E-state index in [0.29, 0.717) is 33.2 Å². The molecule has 2 unspecified atom stereocenters. The molecule has 0 aliphatic carbocycles. The van der Waals surface area contributed by atoms with Gasteiger partial charge in [0.25, 0.3) is 10.0 Å². The maximum absolute atomic E-state index is 13.5. The Hall–Kier alpha value is -2.98. The van der Waals surface area contributed by atoms with Crippen LogP contribution < -0.4 is 10.2 Å². The largest absolute Gasteiger partial charge is 0.355 e. The number of carbonyl (C=O) groups is 2. The number of fused-ring (bicyclic) bond motifs is 2. The predicted octanol–water partition coefficient (Wildman–Crippen LogP) is 3.41. The molecular weight excluding hydrogens is 490 g/mol. The SMILES string of the molecule is CC1Cc2cc(N3CCC(N(OC=O)S(=O)(=O)c4ccc5cc(Cl)ccc5c4)C3=O)ccc2CN1. The molecule has 0 spiro atoms. The van der Waals surface area contributed by atoms with E-state index in [-0.39, 0.29) is 17.8 Å². The van der Waals surface area contributed by atoms with Crippen LogP contribution in [-0.4, -0.2) is 43.9 Å². The number of carbonyl (C=O) groups excluding carboxylic acids is 2. The van der Waals surface area contributed by atoms with E-state index in [4.69, 9.17) is 16.4 Å². The highest BCUT2D eigenvalue weighted by atomic mass is 35.5. The van der Waals surface area contributed by atoms with Crippen LogP contribution in [0.5, 0.6) is 0 Å². The summed E-state index contributed by atoms with van der Waals surface area (Å²) in [7, 11) is -4.32. The smallest absolute Gasteiger partial charge is 0.314 e. The first kappa shape index (κ1) is 23.7. The number of rotatable bonds is 6. The minimum Gasteiger partial charge on any atom is -0.355 e. The Balaban J connectivity index is 1.44. The van der Waals surface area contributed by atoms with Crippen molar-refractivity contribution >= 4 is 50.5 Å². The minimum absolute atomic E-state index is 0.0294. The van der Waals surface area contributed by atoms with Crippen molar-refractivity contribution in [1.82, 2.24) is 9.79 Å². The zero-order valence-corrected chi connectivity index (χ0v) is 20.6. The Bertz CT molecular complexity index is 1430. The fraction of sp³-hybridized carbons (Fsp3) is 0.280. The molecule has 1 saturated heterocycles. The van der Waals surface area contributed by atoms with Crippen molar-refractivity contribution in [2.75, 3.05) is 11.4 Å². The Morgan fingerprint density at radius 3 is 2.66 bits per heavy atom. The average molecular weight is 514 g/mol. The number of hydrogen-bond acceptors (Lipinski definition) is 6. The zero-order valence-electron chi connectivity index (χ0n) is 19.0. The fourth-order valence-corrected chi connectivity index (χ4v) is 6.33. The van der Waals surface area contributed by atoms with Gasteiger partial charge in [-0.05, 0) is 82.5 Å². The van der Waals surface area contributed by atoms with E-state index < -0.39 is 22.0 Å². The molecule has 182 valence electrons. The summed E-state index contributed by atoms with van der Waals surface area (Å²) < 4.78 is 27.5. The van der Waals surface area contributed by atoms with Crippen LogP contribution in [0.2, 0.25) is 5.02 Å². The van der Waals surface area contributed by atoms with Crippen LogP contribution in [0.25, 0.3) is 10.8 Å². The molecular formula is C25H24ClN3O5S. The zero-order chi connectivity index (χ0) is 24.7. The van der Waals surface area contributed by atoms with Gasteiger partial charge in [0.05, 0.1) is 4.90 Å². The monoisotopic (exact) mass is 513 g/mol. The van der Waals surface area contributed by atoms with Crippen molar-refractivity contribution in [3.8, 4) is 0 Å². The van der Waals surface area contributed by atoms with Gasteiger partial charge >= 0.3 is 6.47 Å². The summed E-state index contributed by atoms with van der Waals surface area (Å²) >= 11 is 6.02. The average Bonchev–Trinajstić information content (AvgIpc) is 3.22. The van der Waals surface area contributed by atoms with Crippen molar-refractivity contribution in [3.05, 3.63) is 70.7 Å². The molecule has 0 radical (unpaired) electrons. The second-order valence-electron chi connectivity index (χ2n) is 8.85. The van der Waals surface area contributed by atoms with Crippen LogP contribution in [-0.2, 0) is 37.4 Å². The Morgan fingerprint density at radius 2 is 1.86 bits per heavy atom. The lowest BCUT2D eigenvalue weighted by Crippen LogP contribution is -2.45. The number of halogens is 1. The Morgan fingerprint density at radius 1 is 1.09 bits per heavy atom. The Labute approximate surface area is 208 Å². The molecule has 0 aromatic heterocycles. The summed E-state index contributed by atoms with van der Waals surface area (Å²) in [5.41, 5.74) is 3.05. The van der Waals surface area contributed by atoms with E-state index in [9.17, 15) is 18.0 Å². The number of anilines is 1. The van der Waals surface area contributed by atoms with Crippen molar-refractivity contribution in [2.24, 2.45) is 0 Å². The topological polar surface area (TPSA) is 96.0 Å². The first-order valence-electron chi connectivity index (χ1n) is 11.3. The number of hydroxylamine groups is 1. The predicted molar refractivity (Wildman–Crippen MR) is 132 cm³/mol. The highest BCUT2D eigenvalue weighted by molar-refractivity contribution is 7.89. The number of hydrogen-bond donors (Lipinski definition) is 1. The first-order chi connectivity index (χ1) is 16.8. The van der Waals surface area contributed by atoms with Crippen molar-refractivity contribution in [3.63, 3.8) is 0 Å². The number of nitrogens with zero attached hydrogens (tertiary/aromatic N) is 2. The maximum atomic E-state index is 13.5. The molecule has 1 amide bonds. The third-order valence-corrected chi connectivity index (χ3v) is 8.45. The van der Waals surface area contributed by atoms with Crippen LogP contribution in [0, 0.1) is 0 Å². The van der Waals surface area contributed by atoms with Gasteiger partial charge in [-0.25, -0.2) is 8.42 Å².